The summed E-state index contributed by atoms with van der Waals surface area (Å²) in [6.45, 7) is 3.73. The highest BCUT2D eigenvalue weighted by Gasteiger charge is 2.24. The van der Waals surface area contributed by atoms with E-state index in [2.05, 4.69) is 4.98 Å². The van der Waals surface area contributed by atoms with Crippen molar-refractivity contribution in [3.8, 4) is 5.69 Å². The van der Waals surface area contributed by atoms with E-state index in [0.29, 0.717) is 33.4 Å². The van der Waals surface area contributed by atoms with Crippen LogP contribution in [0, 0.1) is 13.8 Å². The molecule has 0 radical (unpaired) electrons. The number of carbonyl (C=O) groups excluding carboxylic acids is 1. The molecular formula is C25H22N2O6. The number of aryl methyl sites for hydroxylation is 2. The molecule has 2 heterocycles. The second-order valence-corrected chi connectivity index (χ2v) is 7.55. The van der Waals surface area contributed by atoms with Gasteiger partial charge in [-0.25, -0.2) is 9.59 Å². The molecule has 0 aliphatic carbocycles. The van der Waals surface area contributed by atoms with E-state index in [1.807, 2.05) is 12.1 Å². The van der Waals surface area contributed by atoms with E-state index in [1.54, 1.807) is 38.1 Å². The van der Waals surface area contributed by atoms with E-state index >= 15 is 0 Å². The molecule has 2 aromatic heterocycles. The molecule has 0 unspecified atom stereocenters. The number of benzene rings is 2. The molecule has 2 aromatic carbocycles. The molecule has 0 aliphatic heterocycles. The maximum Gasteiger partial charge on any atom is 0.340 e. The number of esters is 1. The van der Waals surface area contributed by atoms with Crippen LogP contribution >= 0.6 is 0 Å². The zero-order valence-corrected chi connectivity index (χ0v) is 18.4. The van der Waals surface area contributed by atoms with Crippen LogP contribution in [0.3, 0.4) is 0 Å². The van der Waals surface area contributed by atoms with Crippen molar-refractivity contribution >= 4 is 33.6 Å². The van der Waals surface area contributed by atoms with Gasteiger partial charge in [0.05, 0.1) is 45.7 Å². The normalized spacial score (nSPS) is 11.1. The van der Waals surface area contributed by atoms with Gasteiger partial charge in [-0.15, -0.1) is 0 Å². The second kappa shape index (κ2) is 8.84. The number of carboxylic acids is 1. The Morgan fingerprint density at radius 2 is 1.76 bits per heavy atom. The van der Waals surface area contributed by atoms with Gasteiger partial charge in [0.25, 0.3) is 5.56 Å². The Balaban J connectivity index is 2.12. The number of fused-ring (bicyclic) bond motifs is 3. The van der Waals surface area contributed by atoms with Crippen LogP contribution in [-0.2, 0) is 9.47 Å². The number of methoxy groups -OCH3 is 1. The molecule has 0 aliphatic rings. The second-order valence-electron chi connectivity index (χ2n) is 7.55. The largest absolute Gasteiger partial charge is 0.478 e. The lowest BCUT2D eigenvalue weighted by Gasteiger charge is -2.17. The van der Waals surface area contributed by atoms with Gasteiger partial charge in [0.15, 0.2) is 0 Å². The molecule has 0 saturated heterocycles. The van der Waals surface area contributed by atoms with Gasteiger partial charge in [0, 0.05) is 17.9 Å². The van der Waals surface area contributed by atoms with Crippen molar-refractivity contribution in [1.29, 1.82) is 0 Å². The summed E-state index contributed by atoms with van der Waals surface area (Å²) in [6, 6.07) is 13.3. The summed E-state index contributed by atoms with van der Waals surface area (Å²) in [7, 11) is 1.51. The number of pyridine rings is 2. The Morgan fingerprint density at radius 1 is 1.00 bits per heavy atom. The molecule has 0 fully saturated rings. The number of carboxylic acid groups (broad SMARTS) is 1. The molecule has 4 rings (SSSR count). The summed E-state index contributed by atoms with van der Waals surface area (Å²) in [5, 5.41) is 10.8. The molecule has 8 heteroatoms. The fourth-order valence-electron chi connectivity index (χ4n) is 4.06. The van der Waals surface area contributed by atoms with E-state index in [1.165, 1.54) is 23.8 Å². The number of carbonyl (C=O) groups is 2. The summed E-state index contributed by atoms with van der Waals surface area (Å²) < 4.78 is 11.8. The number of aromatic carboxylic acids is 1. The number of hydrogen-bond donors (Lipinski definition) is 1. The molecule has 0 saturated carbocycles. The third kappa shape index (κ3) is 3.85. The van der Waals surface area contributed by atoms with E-state index in [-0.39, 0.29) is 29.7 Å². The highest BCUT2D eigenvalue weighted by atomic mass is 16.6. The molecule has 168 valence electrons. The molecular weight excluding hydrogens is 424 g/mol. The van der Waals surface area contributed by atoms with Crippen molar-refractivity contribution < 1.29 is 24.2 Å². The molecule has 0 atom stereocenters. The SMILES string of the molecule is COCCOC(=O)c1c(C)nc(C)c2c(=O)n(-c3cccc(C(=O)O)c3)c3ccccc3c12. The van der Waals surface area contributed by atoms with Gasteiger partial charge >= 0.3 is 11.9 Å². The van der Waals surface area contributed by atoms with Gasteiger partial charge in [-0.3, -0.25) is 14.3 Å². The average molecular weight is 446 g/mol. The van der Waals surface area contributed by atoms with Crippen molar-refractivity contribution in [1.82, 2.24) is 9.55 Å². The number of rotatable bonds is 6. The highest BCUT2D eigenvalue weighted by molar-refractivity contribution is 6.16. The first-order valence-electron chi connectivity index (χ1n) is 10.3. The summed E-state index contributed by atoms with van der Waals surface area (Å²) >= 11 is 0. The zero-order chi connectivity index (χ0) is 23.7. The molecule has 0 spiro atoms. The van der Waals surface area contributed by atoms with Crippen LogP contribution < -0.4 is 5.56 Å². The number of nitrogens with zero attached hydrogens (tertiary/aromatic N) is 2. The summed E-state index contributed by atoms with van der Waals surface area (Å²) in [5.74, 6) is -1.68. The minimum Gasteiger partial charge on any atom is -0.478 e. The van der Waals surface area contributed by atoms with Gasteiger partial charge in [-0.2, -0.15) is 0 Å². The van der Waals surface area contributed by atoms with Crippen molar-refractivity contribution in [2.24, 2.45) is 0 Å². The maximum atomic E-state index is 13.8. The third-order valence-electron chi connectivity index (χ3n) is 5.47. The zero-order valence-electron chi connectivity index (χ0n) is 18.4. The van der Waals surface area contributed by atoms with Crippen molar-refractivity contribution in [2.75, 3.05) is 20.3 Å². The first kappa shape index (κ1) is 22.2. The summed E-state index contributed by atoms with van der Waals surface area (Å²) in [5.41, 5.74) is 1.75. The van der Waals surface area contributed by atoms with Crippen molar-refractivity contribution in [3.63, 3.8) is 0 Å². The lowest BCUT2D eigenvalue weighted by Crippen LogP contribution is -2.23. The molecule has 0 amide bonds. The van der Waals surface area contributed by atoms with Crippen molar-refractivity contribution in [2.45, 2.75) is 13.8 Å². The molecule has 0 bridgehead atoms. The van der Waals surface area contributed by atoms with Gasteiger partial charge in [-0.05, 0) is 38.1 Å². The maximum absolute atomic E-state index is 13.8. The standard InChI is InChI=1S/C25H22N2O6/c1-14-20-22(21(15(2)26-14)25(31)33-12-11-32-3)18-9-4-5-10-19(18)27(23(20)28)17-8-6-7-16(13-17)24(29)30/h4-10,13H,11-12H2,1-3H3,(H,29,30). The van der Waals surface area contributed by atoms with E-state index in [9.17, 15) is 19.5 Å². The number of aromatic nitrogens is 2. The fraction of sp³-hybridized carbons (Fsp3) is 0.200. The first-order valence-corrected chi connectivity index (χ1v) is 10.3. The van der Waals surface area contributed by atoms with Crippen LogP contribution in [0.1, 0.15) is 32.1 Å². The van der Waals surface area contributed by atoms with Crippen LogP contribution in [0.25, 0.3) is 27.4 Å². The quantitative estimate of drug-likeness (QED) is 0.274. The van der Waals surface area contributed by atoms with E-state index in [4.69, 9.17) is 9.47 Å². The van der Waals surface area contributed by atoms with Gasteiger partial charge in [-0.1, -0.05) is 24.3 Å². The Bertz CT molecular complexity index is 1470. The summed E-state index contributed by atoms with van der Waals surface area (Å²) in [6.07, 6.45) is 0. The topological polar surface area (TPSA) is 108 Å². The number of ether oxygens (including phenoxy) is 2. The minimum absolute atomic E-state index is 0.0599. The number of hydrogen-bond acceptors (Lipinski definition) is 6. The molecule has 1 N–H and O–H groups in total. The average Bonchev–Trinajstić information content (AvgIpc) is 2.79. The van der Waals surface area contributed by atoms with Crippen LogP contribution in [-0.4, -0.2) is 46.9 Å². The lowest BCUT2D eigenvalue weighted by molar-refractivity contribution is 0.0389. The molecule has 8 nitrogen and oxygen atoms in total. The molecule has 33 heavy (non-hydrogen) atoms. The first-order chi connectivity index (χ1) is 15.8. The third-order valence-corrected chi connectivity index (χ3v) is 5.47. The Labute approximate surface area is 189 Å². The predicted molar refractivity (Wildman–Crippen MR) is 123 cm³/mol. The molecule has 4 aromatic rings. The van der Waals surface area contributed by atoms with E-state index in [0.717, 1.165) is 0 Å². The highest BCUT2D eigenvalue weighted by Crippen LogP contribution is 2.31. The predicted octanol–water partition coefficient (Wildman–Crippen LogP) is 3.66. The van der Waals surface area contributed by atoms with Crippen LogP contribution in [0.5, 0.6) is 0 Å². The van der Waals surface area contributed by atoms with Gasteiger partial charge in [0.1, 0.15) is 6.61 Å². The minimum atomic E-state index is -1.09. The smallest absolute Gasteiger partial charge is 0.340 e. The Morgan fingerprint density at radius 3 is 2.48 bits per heavy atom. The summed E-state index contributed by atoms with van der Waals surface area (Å²) in [4.78, 5) is 42.8. The monoisotopic (exact) mass is 446 g/mol. The van der Waals surface area contributed by atoms with Crippen LogP contribution in [0.2, 0.25) is 0 Å². The Kier molecular flexibility index (Phi) is 5.93. The van der Waals surface area contributed by atoms with Crippen molar-refractivity contribution in [3.05, 3.63) is 81.4 Å². The lowest BCUT2D eigenvalue weighted by atomic mass is 9.98. The van der Waals surface area contributed by atoms with Gasteiger partial charge in [0.2, 0.25) is 0 Å². The van der Waals surface area contributed by atoms with E-state index < -0.39 is 17.5 Å². The van der Waals surface area contributed by atoms with Crippen LogP contribution in [0.15, 0.2) is 53.3 Å². The number of para-hydroxylation sites is 1. The van der Waals surface area contributed by atoms with Gasteiger partial charge < -0.3 is 14.6 Å². The van der Waals surface area contributed by atoms with Crippen LogP contribution in [0.4, 0.5) is 0 Å². The fourth-order valence-corrected chi connectivity index (χ4v) is 4.06. The Hall–Kier alpha value is -4.04.